The Balaban J connectivity index is 2.44. The fourth-order valence-electron chi connectivity index (χ4n) is 2.19. The third-order valence-corrected chi connectivity index (χ3v) is 6.90. The maximum atomic E-state index is 12.6. The minimum atomic E-state index is -3.81. The highest BCUT2D eigenvalue weighted by Gasteiger charge is 2.35. The van der Waals surface area contributed by atoms with E-state index in [2.05, 4.69) is 0 Å². The van der Waals surface area contributed by atoms with Crippen molar-refractivity contribution in [1.29, 1.82) is 0 Å². The molecule has 7 nitrogen and oxygen atoms in total. The van der Waals surface area contributed by atoms with Gasteiger partial charge in [-0.2, -0.15) is 16.1 Å². The number of phenolic OH excluding ortho intramolecular Hbond substituents is 1. The number of nitro benzene ring substituents is 1. The molecule has 2 atom stereocenters. The number of thioether (sulfide) groups is 1. The van der Waals surface area contributed by atoms with E-state index < -0.39 is 26.4 Å². The number of sulfonamides is 1. The summed E-state index contributed by atoms with van der Waals surface area (Å²) in [6.45, 7) is 4.15. The van der Waals surface area contributed by atoms with E-state index in [1.54, 1.807) is 11.8 Å². The normalized spacial score (nSPS) is 23.9. The van der Waals surface area contributed by atoms with Gasteiger partial charge in [0, 0.05) is 29.7 Å². The van der Waals surface area contributed by atoms with E-state index in [0.29, 0.717) is 12.3 Å². The molecule has 0 amide bonds. The summed E-state index contributed by atoms with van der Waals surface area (Å²) in [5.41, 5.74) is -0.608. The van der Waals surface area contributed by atoms with Crippen LogP contribution in [0.4, 0.5) is 5.69 Å². The number of rotatable bonds is 3. The number of phenols is 1. The molecule has 2 rings (SSSR count). The third kappa shape index (κ3) is 2.99. The summed E-state index contributed by atoms with van der Waals surface area (Å²) in [4.78, 5) is 9.86. The minimum Gasteiger partial charge on any atom is -0.502 e. The second-order valence-corrected chi connectivity index (χ2v) is 8.22. The van der Waals surface area contributed by atoms with E-state index in [1.165, 1.54) is 10.4 Å². The fourth-order valence-corrected chi connectivity index (χ4v) is 5.21. The monoisotopic (exact) mass is 332 g/mol. The first-order valence-corrected chi connectivity index (χ1v) is 8.85. The fraction of sp³-hybridized carbons (Fsp3) is 0.500. The van der Waals surface area contributed by atoms with E-state index in [-0.39, 0.29) is 16.2 Å². The lowest BCUT2D eigenvalue weighted by Gasteiger charge is -2.36. The van der Waals surface area contributed by atoms with Gasteiger partial charge in [-0.15, -0.1) is 0 Å². The van der Waals surface area contributed by atoms with Crippen molar-refractivity contribution in [3.05, 3.63) is 28.3 Å². The van der Waals surface area contributed by atoms with E-state index in [0.717, 1.165) is 12.1 Å². The van der Waals surface area contributed by atoms with Crippen LogP contribution in [0.1, 0.15) is 13.8 Å². The second-order valence-electron chi connectivity index (χ2n) is 4.84. The zero-order chi connectivity index (χ0) is 15.8. The Kier molecular flexibility index (Phi) is 4.45. The molecular formula is C12H16N2O5S2. The van der Waals surface area contributed by atoms with Gasteiger partial charge in [-0.3, -0.25) is 10.1 Å². The van der Waals surface area contributed by atoms with Crippen LogP contribution in [0.5, 0.6) is 5.75 Å². The summed E-state index contributed by atoms with van der Waals surface area (Å²) in [6.07, 6.45) is 0. The molecule has 21 heavy (non-hydrogen) atoms. The number of benzene rings is 1. The van der Waals surface area contributed by atoms with Crippen LogP contribution in [0, 0.1) is 10.1 Å². The van der Waals surface area contributed by atoms with Gasteiger partial charge >= 0.3 is 5.69 Å². The third-order valence-electron chi connectivity index (χ3n) is 3.58. The van der Waals surface area contributed by atoms with Crippen molar-refractivity contribution >= 4 is 27.5 Å². The Hall–Kier alpha value is -1.32. The molecule has 0 aromatic heterocycles. The summed E-state index contributed by atoms with van der Waals surface area (Å²) in [5, 5.41) is 20.4. The van der Waals surface area contributed by atoms with Gasteiger partial charge in [-0.25, -0.2) is 8.42 Å². The largest absolute Gasteiger partial charge is 0.502 e. The van der Waals surface area contributed by atoms with Gasteiger partial charge in [-0.1, -0.05) is 6.92 Å². The van der Waals surface area contributed by atoms with Gasteiger partial charge in [0.2, 0.25) is 10.0 Å². The number of hydrogen-bond donors (Lipinski definition) is 1. The Morgan fingerprint density at radius 3 is 2.71 bits per heavy atom. The SMILES string of the molecule is CC1SCCN(S(=O)(=O)c2ccc(O)c([N+](=O)[O-])c2)C1C. The van der Waals surface area contributed by atoms with Gasteiger partial charge in [0.15, 0.2) is 5.75 Å². The van der Waals surface area contributed by atoms with Crippen molar-refractivity contribution in [2.24, 2.45) is 0 Å². The highest BCUT2D eigenvalue weighted by Crippen LogP contribution is 2.33. The molecule has 1 N–H and O–H groups in total. The first kappa shape index (κ1) is 16.1. The molecule has 116 valence electrons. The molecule has 0 bridgehead atoms. The summed E-state index contributed by atoms with van der Waals surface area (Å²) in [6, 6.07) is 2.94. The highest BCUT2D eigenvalue weighted by molar-refractivity contribution is 8.00. The molecule has 1 aromatic rings. The van der Waals surface area contributed by atoms with Crippen molar-refractivity contribution in [3.8, 4) is 5.75 Å². The number of aromatic hydroxyl groups is 1. The van der Waals surface area contributed by atoms with Crippen molar-refractivity contribution in [2.45, 2.75) is 30.0 Å². The van der Waals surface area contributed by atoms with Crippen LogP contribution in [-0.4, -0.2) is 46.3 Å². The lowest BCUT2D eigenvalue weighted by molar-refractivity contribution is -0.386. The first-order chi connectivity index (χ1) is 9.75. The van der Waals surface area contributed by atoms with Gasteiger partial charge in [0.1, 0.15) is 0 Å². The molecule has 0 saturated carbocycles. The number of nitrogens with zero attached hydrogens (tertiary/aromatic N) is 2. The van der Waals surface area contributed by atoms with Gasteiger partial charge in [-0.05, 0) is 19.1 Å². The maximum Gasteiger partial charge on any atom is 0.312 e. The lowest BCUT2D eigenvalue weighted by atomic mass is 10.2. The summed E-state index contributed by atoms with van der Waals surface area (Å²) >= 11 is 1.70. The van der Waals surface area contributed by atoms with Crippen LogP contribution in [0.2, 0.25) is 0 Å². The average molecular weight is 332 g/mol. The Bertz CT molecular complexity index is 662. The lowest BCUT2D eigenvalue weighted by Crippen LogP contribution is -2.47. The molecule has 0 aliphatic carbocycles. The van der Waals surface area contributed by atoms with E-state index in [4.69, 9.17) is 0 Å². The standard InChI is InChI=1S/C12H16N2O5S2/c1-8-9(2)20-6-5-13(8)21(18,19)10-3-4-12(15)11(7-10)14(16)17/h3-4,7-9,15H,5-6H2,1-2H3. The molecule has 1 heterocycles. The van der Waals surface area contributed by atoms with Crippen molar-refractivity contribution in [2.75, 3.05) is 12.3 Å². The molecule has 1 saturated heterocycles. The molecular weight excluding hydrogens is 316 g/mol. The molecule has 1 aliphatic rings. The van der Waals surface area contributed by atoms with E-state index in [1.807, 2.05) is 13.8 Å². The molecule has 2 unspecified atom stereocenters. The number of nitro groups is 1. The first-order valence-electron chi connectivity index (χ1n) is 6.36. The van der Waals surface area contributed by atoms with Crippen molar-refractivity contribution in [1.82, 2.24) is 4.31 Å². The molecule has 0 radical (unpaired) electrons. The molecule has 1 aliphatic heterocycles. The highest BCUT2D eigenvalue weighted by atomic mass is 32.2. The average Bonchev–Trinajstić information content (AvgIpc) is 2.41. The predicted octanol–water partition coefficient (Wildman–Crippen LogP) is 1.81. The topological polar surface area (TPSA) is 101 Å². The smallest absolute Gasteiger partial charge is 0.312 e. The van der Waals surface area contributed by atoms with Crippen LogP contribution in [0.25, 0.3) is 0 Å². The van der Waals surface area contributed by atoms with Gasteiger partial charge in [0.25, 0.3) is 0 Å². The maximum absolute atomic E-state index is 12.6. The van der Waals surface area contributed by atoms with Crippen LogP contribution in [0.3, 0.4) is 0 Å². The zero-order valence-electron chi connectivity index (χ0n) is 11.6. The molecule has 1 aromatic carbocycles. The Morgan fingerprint density at radius 2 is 2.10 bits per heavy atom. The molecule has 9 heteroatoms. The van der Waals surface area contributed by atoms with Gasteiger partial charge < -0.3 is 5.11 Å². The second kappa shape index (κ2) is 5.82. The summed E-state index contributed by atoms with van der Waals surface area (Å²) in [5.74, 6) is 0.139. The van der Waals surface area contributed by atoms with Gasteiger partial charge in [0.05, 0.1) is 9.82 Å². The minimum absolute atomic E-state index is 0.153. The Morgan fingerprint density at radius 1 is 1.43 bits per heavy atom. The predicted molar refractivity (Wildman–Crippen MR) is 80.0 cm³/mol. The molecule has 0 spiro atoms. The zero-order valence-corrected chi connectivity index (χ0v) is 13.2. The van der Waals surface area contributed by atoms with E-state index in [9.17, 15) is 23.6 Å². The van der Waals surface area contributed by atoms with Crippen molar-refractivity contribution in [3.63, 3.8) is 0 Å². The Labute approximate surface area is 127 Å². The number of hydrogen-bond acceptors (Lipinski definition) is 6. The quantitative estimate of drug-likeness (QED) is 0.669. The van der Waals surface area contributed by atoms with Crippen molar-refractivity contribution < 1.29 is 18.4 Å². The summed E-state index contributed by atoms with van der Waals surface area (Å²) < 4.78 is 26.6. The summed E-state index contributed by atoms with van der Waals surface area (Å²) in [7, 11) is -3.81. The van der Waals surface area contributed by atoms with Crippen LogP contribution in [-0.2, 0) is 10.0 Å². The van der Waals surface area contributed by atoms with Crippen LogP contribution < -0.4 is 0 Å². The van der Waals surface area contributed by atoms with Crippen LogP contribution >= 0.6 is 11.8 Å². The van der Waals surface area contributed by atoms with E-state index >= 15 is 0 Å². The van der Waals surface area contributed by atoms with Crippen LogP contribution in [0.15, 0.2) is 23.1 Å². The molecule has 1 fully saturated rings.